The van der Waals surface area contributed by atoms with Gasteiger partial charge in [0.1, 0.15) is 23.7 Å². The minimum absolute atomic E-state index is 0.0919. The van der Waals surface area contributed by atoms with Crippen LogP contribution < -0.4 is 4.74 Å². The minimum atomic E-state index is -0.599. The summed E-state index contributed by atoms with van der Waals surface area (Å²) >= 11 is 0. The smallest absolute Gasteiger partial charge is 0.341 e. The molecule has 0 atom stereocenters. The number of benzene rings is 3. The molecule has 0 aliphatic carbocycles. The number of carbonyl (C=O) groups is 1. The molecule has 0 spiro atoms. The number of fused-ring (bicyclic) bond motifs is 1. The fraction of sp³-hybridized carbons (Fsp3) is 0.105. The number of hydrogen-bond acceptors (Lipinski definition) is 4. The van der Waals surface area contributed by atoms with E-state index in [1.807, 2.05) is 42.5 Å². The number of hydrogen-bond donors (Lipinski definition) is 1. The van der Waals surface area contributed by atoms with E-state index in [0.29, 0.717) is 17.7 Å². The Balaban J connectivity index is 2.04. The molecule has 0 saturated carbocycles. The highest BCUT2D eigenvalue weighted by molar-refractivity contribution is 6.03. The second kappa shape index (κ2) is 6.40. The number of phenols is 1. The number of carbonyl (C=O) groups excluding carboxylic acids is 1. The lowest BCUT2D eigenvalue weighted by molar-refractivity contribution is 0.0597. The summed E-state index contributed by atoms with van der Waals surface area (Å²) in [4.78, 5) is 11.9. The van der Waals surface area contributed by atoms with E-state index in [1.165, 1.54) is 13.2 Å². The van der Waals surface area contributed by atoms with Crippen molar-refractivity contribution in [3.8, 4) is 11.5 Å². The maximum atomic E-state index is 11.9. The zero-order chi connectivity index (χ0) is 16.2. The molecule has 0 radical (unpaired) electrons. The van der Waals surface area contributed by atoms with Crippen molar-refractivity contribution in [1.82, 2.24) is 0 Å². The van der Waals surface area contributed by atoms with Gasteiger partial charge in [-0.2, -0.15) is 0 Å². The van der Waals surface area contributed by atoms with E-state index in [1.54, 1.807) is 12.1 Å². The van der Waals surface area contributed by atoms with Crippen LogP contribution in [0.5, 0.6) is 11.5 Å². The molecule has 4 nitrogen and oxygen atoms in total. The number of rotatable bonds is 4. The Kier molecular flexibility index (Phi) is 4.15. The maximum Gasteiger partial charge on any atom is 0.341 e. The van der Waals surface area contributed by atoms with Crippen LogP contribution in [0.2, 0.25) is 0 Å². The molecule has 23 heavy (non-hydrogen) atoms. The lowest BCUT2D eigenvalue weighted by Crippen LogP contribution is -2.04. The standard InChI is InChI=1S/C19H16O4/c1-22-19(21)16-11-17(23-12-13-7-3-2-4-8-13)14-9-5-6-10-15(14)18(16)20/h2-11,20H,12H2,1H3. The van der Waals surface area contributed by atoms with E-state index in [4.69, 9.17) is 9.47 Å². The van der Waals surface area contributed by atoms with Gasteiger partial charge in [0.05, 0.1) is 7.11 Å². The molecule has 4 heteroatoms. The fourth-order valence-electron chi connectivity index (χ4n) is 2.45. The van der Waals surface area contributed by atoms with Gasteiger partial charge >= 0.3 is 5.97 Å². The van der Waals surface area contributed by atoms with Crippen molar-refractivity contribution in [1.29, 1.82) is 0 Å². The number of phenolic OH excluding ortho intramolecular Hbond substituents is 1. The Morgan fingerprint density at radius 1 is 1.00 bits per heavy atom. The summed E-state index contributed by atoms with van der Waals surface area (Å²) in [6.07, 6.45) is 0. The molecule has 3 aromatic rings. The number of ether oxygens (including phenoxy) is 2. The van der Waals surface area contributed by atoms with Gasteiger partial charge in [-0.3, -0.25) is 0 Å². The van der Waals surface area contributed by atoms with Gasteiger partial charge in [0.25, 0.3) is 0 Å². The SMILES string of the molecule is COC(=O)c1cc(OCc2ccccc2)c2ccccc2c1O. The summed E-state index contributed by atoms with van der Waals surface area (Å²) in [6, 6.07) is 18.5. The molecule has 0 bridgehead atoms. The van der Waals surface area contributed by atoms with E-state index in [2.05, 4.69) is 0 Å². The van der Waals surface area contributed by atoms with E-state index in [-0.39, 0.29) is 11.3 Å². The summed E-state index contributed by atoms with van der Waals surface area (Å²) in [5.41, 5.74) is 1.11. The molecule has 116 valence electrons. The predicted octanol–water partition coefficient (Wildman–Crippen LogP) is 3.91. The molecule has 1 N–H and O–H groups in total. The van der Waals surface area contributed by atoms with Crippen molar-refractivity contribution in [2.75, 3.05) is 7.11 Å². The average molecular weight is 308 g/mol. The Morgan fingerprint density at radius 3 is 2.35 bits per heavy atom. The predicted molar refractivity (Wildman–Crippen MR) is 87.7 cm³/mol. The maximum absolute atomic E-state index is 11.9. The molecule has 0 unspecified atom stereocenters. The quantitative estimate of drug-likeness (QED) is 0.742. The molecular formula is C19H16O4. The highest BCUT2D eigenvalue weighted by atomic mass is 16.5. The monoisotopic (exact) mass is 308 g/mol. The van der Waals surface area contributed by atoms with Crippen molar-refractivity contribution in [2.24, 2.45) is 0 Å². The summed E-state index contributed by atoms with van der Waals surface area (Å²) in [7, 11) is 1.28. The summed E-state index contributed by atoms with van der Waals surface area (Å²) in [6.45, 7) is 0.371. The molecule has 0 heterocycles. The van der Waals surface area contributed by atoms with Gasteiger partial charge in [0.15, 0.2) is 0 Å². The van der Waals surface area contributed by atoms with Crippen LogP contribution in [0.25, 0.3) is 10.8 Å². The van der Waals surface area contributed by atoms with Crippen molar-refractivity contribution in [3.05, 3.63) is 71.8 Å². The number of esters is 1. The van der Waals surface area contributed by atoms with Gasteiger partial charge in [0.2, 0.25) is 0 Å². The van der Waals surface area contributed by atoms with E-state index in [9.17, 15) is 9.90 Å². The third-order valence-corrected chi connectivity index (χ3v) is 3.62. The zero-order valence-corrected chi connectivity index (χ0v) is 12.7. The first-order valence-electron chi connectivity index (χ1n) is 7.20. The normalized spacial score (nSPS) is 10.5. The largest absolute Gasteiger partial charge is 0.506 e. The first-order chi connectivity index (χ1) is 11.2. The third kappa shape index (κ3) is 2.97. The molecule has 0 aliphatic rings. The van der Waals surface area contributed by atoms with Crippen LogP contribution in [0.1, 0.15) is 15.9 Å². The topological polar surface area (TPSA) is 55.8 Å². The third-order valence-electron chi connectivity index (χ3n) is 3.62. The molecule has 0 fully saturated rings. The van der Waals surface area contributed by atoms with Crippen LogP contribution in [-0.2, 0) is 11.3 Å². The van der Waals surface area contributed by atoms with Gasteiger partial charge in [-0.05, 0) is 11.6 Å². The van der Waals surface area contributed by atoms with Gasteiger partial charge in [0, 0.05) is 10.8 Å². The second-order valence-corrected chi connectivity index (χ2v) is 5.08. The Morgan fingerprint density at radius 2 is 1.65 bits per heavy atom. The van der Waals surface area contributed by atoms with Crippen LogP contribution in [-0.4, -0.2) is 18.2 Å². The Hall–Kier alpha value is -3.01. The van der Waals surface area contributed by atoms with Crippen LogP contribution >= 0.6 is 0 Å². The molecule has 0 aromatic heterocycles. The van der Waals surface area contributed by atoms with E-state index >= 15 is 0 Å². The van der Waals surface area contributed by atoms with Crippen molar-refractivity contribution in [2.45, 2.75) is 6.61 Å². The van der Waals surface area contributed by atoms with Crippen molar-refractivity contribution < 1.29 is 19.4 Å². The Bertz CT molecular complexity index is 841. The molecule has 0 aliphatic heterocycles. The highest BCUT2D eigenvalue weighted by Crippen LogP contribution is 2.36. The van der Waals surface area contributed by atoms with Gasteiger partial charge < -0.3 is 14.6 Å². The minimum Gasteiger partial charge on any atom is -0.506 e. The highest BCUT2D eigenvalue weighted by Gasteiger charge is 2.18. The molecule has 0 saturated heterocycles. The first kappa shape index (κ1) is 14.9. The fourth-order valence-corrected chi connectivity index (χ4v) is 2.45. The van der Waals surface area contributed by atoms with Gasteiger partial charge in [-0.15, -0.1) is 0 Å². The average Bonchev–Trinajstić information content (AvgIpc) is 2.61. The molecular weight excluding hydrogens is 292 g/mol. The lowest BCUT2D eigenvalue weighted by Gasteiger charge is -2.13. The first-order valence-corrected chi connectivity index (χ1v) is 7.20. The zero-order valence-electron chi connectivity index (χ0n) is 12.7. The lowest BCUT2D eigenvalue weighted by atomic mass is 10.0. The molecule has 3 rings (SSSR count). The van der Waals surface area contributed by atoms with E-state index in [0.717, 1.165) is 10.9 Å². The summed E-state index contributed by atoms with van der Waals surface area (Å²) < 4.78 is 10.6. The molecule has 3 aromatic carbocycles. The number of aromatic hydroxyl groups is 1. The molecule has 0 amide bonds. The summed E-state index contributed by atoms with van der Waals surface area (Å²) in [5, 5.41) is 11.6. The van der Waals surface area contributed by atoms with Gasteiger partial charge in [-0.25, -0.2) is 4.79 Å². The van der Waals surface area contributed by atoms with Crippen molar-refractivity contribution >= 4 is 16.7 Å². The van der Waals surface area contributed by atoms with Crippen LogP contribution in [0.4, 0.5) is 0 Å². The van der Waals surface area contributed by atoms with Crippen LogP contribution in [0.15, 0.2) is 60.7 Å². The van der Waals surface area contributed by atoms with Crippen LogP contribution in [0.3, 0.4) is 0 Å². The van der Waals surface area contributed by atoms with Crippen molar-refractivity contribution in [3.63, 3.8) is 0 Å². The second-order valence-electron chi connectivity index (χ2n) is 5.08. The number of methoxy groups -OCH3 is 1. The van der Waals surface area contributed by atoms with Crippen LogP contribution in [0, 0.1) is 0 Å². The van der Waals surface area contributed by atoms with E-state index < -0.39 is 5.97 Å². The van der Waals surface area contributed by atoms with Gasteiger partial charge in [-0.1, -0.05) is 54.6 Å². The summed E-state index contributed by atoms with van der Waals surface area (Å²) in [5.74, 6) is -0.167. The Labute approximate surface area is 133 Å².